The summed E-state index contributed by atoms with van der Waals surface area (Å²) < 4.78 is 9.04. The number of pyridine rings is 1. The van der Waals surface area contributed by atoms with E-state index in [2.05, 4.69) is 267 Å². The SMILES string of the molecule is CC(C)c1cc(-n2c3ccccc3c3ccc(Oc4cccc(Nc5ccccc5Nc5c(-c6ccccc6)cc(C(C)(C)C)cc5-c5cc(C(C)(C)C)cc(C(C)(C)C)c5)c4)cc32)ncc1-c1ccccc1. The van der Waals surface area contributed by atoms with Gasteiger partial charge in [0, 0.05) is 51.5 Å². The zero-order valence-electron chi connectivity index (χ0n) is 44.4. The molecule has 5 heteroatoms. The summed E-state index contributed by atoms with van der Waals surface area (Å²) in [5.41, 5.74) is 18.0. The number of fused-ring (bicyclic) bond motifs is 3. The highest BCUT2D eigenvalue weighted by atomic mass is 16.5. The average Bonchev–Trinajstić information content (AvgIpc) is 3.70. The lowest BCUT2D eigenvalue weighted by molar-refractivity contribution is 0.483. The molecule has 0 fully saturated rings. The van der Waals surface area contributed by atoms with E-state index in [0.29, 0.717) is 5.92 Å². The van der Waals surface area contributed by atoms with Crippen molar-refractivity contribution in [3.8, 4) is 50.7 Å². The molecule has 0 bridgehead atoms. The maximum absolute atomic E-state index is 6.76. The molecule has 8 aromatic carbocycles. The normalized spacial score (nSPS) is 12.2. The third-order valence-corrected chi connectivity index (χ3v) is 14.1. The summed E-state index contributed by atoms with van der Waals surface area (Å²) in [4.78, 5) is 5.13. The highest BCUT2D eigenvalue weighted by Crippen LogP contribution is 2.46. The molecule has 10 aromatic rings. The monoisotopic (exact) mass is 957 g/mol. The van der Waals surface area contributed by atoms with Crippen LogP contribution in [0.4, 0.5) is 22.7 Å². The van der Waals surface area contributed by atoms with Crippen molar-refractivity contribution in [1.29, 1.82) is 0 Å². The van der Waals surface area contributed by atoms with Gasteiger partial charge >= 0.3 is 0 Å². The van der Waals surface area contributed by atoms with E-state index in [4.69, 9.17) is 9.72 Å². The highest BCUT2D eigenvalue weighted by Gasteiger charge is 2.26. The first kappa shape index (κ1) is 48.7. The minimum absolute atomic E-state index is 0.0415. The number of aromatic nitrogens is 2. The number of para-hydroxylation sites is 3. The van der Waals surface area contributed by atoms with Crippen LogP contribution >= 0.6 is 0 Å². The highest BCUT2D eigenvalue weighted by molar-refractivity contribution is 6.09. The maximum Gasteiger partial charge on any atom is 0.137 e. The van der Waals surface area contributed by atoms with Crippen LogP contribution in [-0.2, 0) is 16.2 Å². The van der Waals surface area contributed by atoms with Gasteiger partial charge in [-0.15, -0.1) is 0 Å². The van der Waals surface area contributed by atoms with E-state index in [9.17, 15) is 0 Å². The quantitative estimate of drug-likeness (QED) is 0.136. The van der Waals surface area contributed by atoms with Gasteiger partial charge in [-0.05, 0) is 122 Å². The fraction of sp³-hybridized carbons (Fsp3) is 0.221. The summed E-state index contributed by atoms with van der Waals surface area (Å²) in [6.07, 6.45) is 2.03. The summed E-state index contributed by atoms with van der Waals surface area (Å²) in [6.45, 7) is 25.3. The van der Waals surface area contributed by atoms with Crippen molar-refractivity contribution in [2.45, 2.75) is 98.3 Å². The van der Waals surface area contributed by atoms with E-state index in [1.807, 2.05) is 18.3 Å². The van der Waals surface area contributed by atoms with E-state index in [-0.39, 0.29) is 16.2 Å². The molecule has 0 spiro atoms. The number of ether oxygens (including phenoxy) is 1. The van der Waals surface area contributed by atoms with Crippen LogP contribution in [-0.4, -0.2) is 9.55 Å². The Bertz CT molecular complexity index is 3590. The van der Waals surface area contributed by atoms with E-state index >= 15 is 0 Å². The molecule has 2 aromatic heterocycles. The molecule has 0 saturated carbocycles. The van der Waals surface area contributed by atoms with Crippen LogP contribution in [0.5, 0.6) is 11.5 Å². The fourth-order valence-corrected chi connectivity index (χ4v) is 9.88. The predicted octanol–water partition coefficient (Wildman–Crippen LogP) is 19.5. The molecule has 2 heterocycles. The number of hydrogen-bond donors (Lipinski definition) is 2. The number of rotatable bonds is 11. The summed E-state index contributed by atoms with van der Waals surface area (Å²) in [6, 6.07) is 67.3. The van der Waals surface area contributed by atoms with E-state index in [1.165, 1.54) is 44.3 Å². The van der Waals surface area contributed by atoms with Crippen LogP contribution in [0.15, 0.2) is 194 Å². The second kappa shape index (κ2) is 19.3. The molecule has 10 rings (SSSR count). The Kier molecular flexibility index (Phi) is 12.9. The number of anilines is 4. The molecule has 5 nitrogen and oxygen atoms in total. The molecule has 0 aliphatic carbocycles. The first-order chi connectivity index (χ1) is 34.9. The van der Waals surface area contributed by atoms with Gasteiger partial charge in [0.25, 0.3) is 0 Å². The van der Waals surface area contributed by atoms with Crippen LogP contribution in [0.2, 0.25) is 0 Å². The van der Waals surface area contributed by atoms with Crippen molar-refractivity contribution in [2.75, 3.05) is 10.6 Å². The summed E-state index contributed by atoms with van der Waals surface area (Å²) in [5.74, 6) is 2.65. The molecular formula is C68H68N4O. The van der Waals surface area contributed by atoms with Crippen LogP contribution in [0, 0.1) is 0 Å². The smallest absolute Gasteiger partial charge is 0.137 e. The topological polar surface area (TPSA) is 51.1 Å². The summed E-state index contributed by atoms with van der Waals surface area (Å²) >= 11 is 0. The van der Waals surface area contributed by atoms with Gasteiger partial charge < -0.3 is 15.4 Å². The van der Waals surface area contributed by atoms with Crippen molar-refractivity contribution in [1.82, 2.24) is 9.55 Å². The number of benzene rings is 8. The molecule has 0 saturated heterocycles. The van der Waals surface area contributed by atoms with E-state index in [0.717, 1.165) is 73.2 Å². The van der Waals surface area contributed by atoms with Crippen molar-refractivity contribution in [3.05, 3.63) is 217 Å². The Morgan fingerprint density at radius 2 is 0.973 bits per heavy atom. The Morgan fingerprint density at radius 1 is 0.438 bits per heavy atom. The van der Waals surface area contributed by atoms with Crippen LogP contribution in [0.25, 0.3) is 61.0 Å². The Morgan fingerprint density at radius 3 is 1.60 bits per heavy atom. The molecule has 0 unspecified atom stereocenters. The van der Waals surface area contributed by atoms with Crippen molar-refractivity contribution >= 4 is 44.6 Å². The van der Waals surface area contributed by atoms with Crippen molar-refractivity contribution in [2.24, 2.45) is 0 Å². The molecular weight excluding hydrogens is 889 g/mol. The van der Waals surface area contributed by atoms with E-state index < -0.39 is 0 Å². The molecule has 2 N–H and O–H groups in total. The van der Waals surface area contributed by atoms with Crippen molar-refractivity contribution < 1.29 is 4.74 Å². The molecule has 0 amide bonds. The zero-order chi connectivity index (χ0) is 51.2. The van der Waals surface area contributed by atoms with Crippen LogP contribution < -0.4 is 15.4 Å². The van der Waals surface area contributed by atoms with Gasteiger partial charge in [-0.3, -0.25) is 4.57 Å². The largest absolute Gasteiger partial charge is 0.457 e. The first-order valence-electron chi connectivity index (χ1n) is 25.8. The Hall–Kier alpha value is -7.89. The summed E-state index contributed by atoms with van der Waals surface area (Å²) in [7, 11) is 0. The predicted molar refractivity (Wildman–Crippen MR) is 311 cm³/mol. The molecule has 0 aliphatic rings. The Labute approximate surface area is 433 Å². The van der Waals surface area contributed by atoms with Gasteiger partial charge in [-0.1, -0.05) is 191 Å². The molecule has 73 heavy (non-hydrogen) atoms. The lowest BCUT2D eigenvalue weighted by Crippen LogP contribution is -2.17. The minimum Gasteiger partial charge on any atom is -0.457 e. The maximum atomic E-state index is 6.76. The lowest BCUT2D eigenvalue weighted by atomic mass is 9.77. The van der Waals surface area contributed by atoms with E-state index in [1.54, 1.807) is 0 Å². The number of hydrogen-bond acceptors (Lipinski definition) is 4. The average molecular weight is 957 g/mol. The molecule has 0 atom stereocenters. The van der Waals surface area contributed by atoms with Gasteiger partial charge in [0.2, 0.25) is 0 Å². The third-order valence-electron chi connectivity index (χ3n) is 14.1. The van der Waals surface area contributed by atoms with Gasteiger partial charge in [-0.2, -0.15) is 0 Å². The lowest BCUT2D eigenvalue weighted by Gasteiger charge is -2.29. The van der Waals surface area contributed by atoms with Crippen LogP contribution in [0.3, 0.4) is 0 Å². The van der Waals surface area contributed by atoms with Crippen molar-refractivity contribution in [3.63, 3.8) is 0 Å². The summed E-state index contributed by atoms with van der Waals surface area (Å²) in [5, 5.41) is 10.1. The second-order valence-corrected chi connectivity index (χ2v) is 23.0. The zero-order valence-corrected chi connectivity index (χ0v) is 44.4. The fourth-order valence-electron chi connectivity index (χ4n) is 9.88. The Balaban J connectivity index is 1.02. The molecule has 366 valence electrons. The van der Waals surface area contributed by atoms with Gasteiger partial charge in [-0.25, -0.2) is 4.98 Å². The van der Waals surface area contributed by atoms with Crippen LogP contribution in [0.1, 0.15) is 104 Å². The van der Waals surface area contributed by atoms with Gasteiger partial charge in [0.05, 0.1) is 28.1 Å². The minimum atomic E-state index is -0.0914. The standard InChI is InChI=1S/C68H68N4O/c1-44(2)56-42-64(69-43-59(56)46-25-16-13-17-26-46)72-62-32-21-18-29-54(62)55-34-33-53(41-63(55)72)73-52-28-22-27-51(40-52)70-60-30-19-20-31-61(60)71-65-57(45-23-14-12-15-24-45)38-50(68(9,10)11)39-58(65)47-35-48(66(3,4)5)37-49(36-47)67(6,7)8/h12-44,70-71H,1-11H3. The number of nitrogens with zero attached hydrogens (tertiary/aromatic N) is 2. The second-order valence-electron chi connectivity index (χ2n) is 23.0. The number of nitrogens with one attached hydrogen (secondary N) is 2. The van der Waals surface area contributed by atoms with Gasteiger partial charge in [0.15, 0.2) is 0 Å². The third kappa shape index (κ3) is 10.1. The molecule has 0 radical (unpaired) electrons. The molecule has 0 aliphatic heterocycles. The first-order valence-corrected chi connectivity index (χ1v) is 25.8. The van der Waals surface area contributed by atoms with Gasteiger partial charge in [0.1, 0.15) is 17.3 Å².